The first-order chi connectivity index (χ1) is 5.48. The Morgan fingerprint density at radius 2 is 2.08 bits per heavy atom. The summed E-state index contributed by atoms with van der Waals surface area (Å²) in [5.74, 6) is 0.889. The summed E-state index contributed by atoms with van der Waals surface area (Å²) in [5.41, 5.74) is 5.17. The predicted molar refractivity (Wildman–Crippen MR) is 54.2 cm³/mol. The van der Waals surface area contributed by atoms with Crippen LogP contribution in [0.1, 0.15) is 6.92 Å². The molecule has 0 radical (unpaired) electrons. The number of rotatable bonds is 4. The highest BCUT2D eigenvalue weighted by Crippen LogP contribution is 2.21. The van der Waals surface area contributed by atoms with Crippen molar-refractivity contribution in [2.24, 2.45) is 11.1 Å². The molecule has 0 saturated heterocycles. The summed E-state index contributed by atoms with van der Waals surface area (Å²) in [6, 6.07) is 0. The SMILES string of the molecule is CSCC(C)(CN)C(=O)N(C)C. The number of thioether (sulfide) groups is 1. The van der Waals surface area contributed by atoms with Gasteiger partial charge >= 0.3 is 0 Å². The highest BCUT2D eigenvalue weighted by atomic mass is 32.2. The van der Waals surface area contributed by atoms with Crippen molar-refractivity contribution in [2.75, 3.05) is 32.6 Å². The van der Waals surface area contributed by atoms with Crippen molar-refractivity contribution in [3.05, 3.63) is 0 Å². The molecule has 1 amide bonds. The maximum absolute atomic E-state index is 11.6. The number of hydrogen-bond donors (Lipinski definition) is 1. The minimum atomic E-state index is -0.400. The molecule has 0 aliphatic heterocycles. The number of carbonyl (C=O) groups is 1. The second-order valence-electron chi connectivity index (χ2n) is 3.40. The van der Waals surface area contributed by atoms with E-state index in [1.54, 1.807) is 30.8 Å². The van der Waals surface area contributed by atoms with Gasteiger partial charge in [0.15, 0.2) is 0 Å². The van der Waals surface area contributed by atoms with Crippen molar-refractivity contribution < 1.29 is 4.79 Å². The van der Waals surface area contributed by atoms with Gasteiger partial charge < -0.3 is 10.6 Å². The fourth-order valence-corrected chi connectivity index (χ4v) is 1.94. The Labute approximate surface area is 78.7 Å². The first kappa shape index (κ1) is 11.8. The van der Waals surface area contributed by atoms with E-state index in [9.17, 15) is 4.79 Å². The number of nitrogens with two attached hydrogens (primary N) is 1. The summed E-state index contributed by atoms with van der Waals surface area (Å²) in [7, 11) is 3.52. The van der Waals surface area contributed by atoms with Crippen LogP contribution in [-0.4, -0.2) is 43.5 Å². The summed E-state index contributed by atoms with van der Waals surface area (Å²) in [6.07, 6.45) is 1.98. The molecule has 12 heavy (non-hydrogen) atoms. The maximum atomic E-state index is 11.6. The van der Waals surface area contributed by atoms with Crippen LogP contribution in [0.25, 0.3) is 0 Å². The summed E-state index contributed by atoms with van der Waals surface area (Å²) in [4.78, 5) is 13.2. The van der Waals surface area contributed by atoms with Crippen LogP contribution in [-0.2, 0) is 4.79 Å². The minimum absolute atomic E-state index is 0.111. The predicted octanol–water partition coefficient (Wildman–Crippen LogP) is 0.403. The number of carbonyl (C=O) groups excluding carboxylic acids is 1. The molecular weight excluding hydrogens is 172 g/mol. The normalized spacial score (nSPS) is 15.4. The van der Waals surface area contributed by atoms with Gasteiger partial charge in [-0.05, 0) is 13.2 Å². The van der Waals surface area contributed by atoms with Gasteiger partial charge in [0, 0.05) is 26.4 Å². The molecule has 1 unspecified atom stereocenters. The van der Waals surface area contributed by atoms with Gasteiger partial charge in [-0.1, -0.05) is 0 Å². The molecule has 0 bridgehead atoms. The molecule has 0 aromatic heterocycles. The summed E-state index contributed by atoms with van der Waals surface area (Å²) in [5, 5.41) is 0. The Kier molecular flexibility index (Phi) is 4.63. The Bertz CT molecular complexity index is 161. The average molecular weight is 190 g/mol. The summed E-state index contributed by atoms with van der Waals surface area (Å²) >= 11 is 1.65. The molecule has 0 aliphatic rings. The van der Waals surface area contributed by atoms with E-state index in [0.29, 0.717) is 6.54 Å². The van der Waals surface area contributed by atoms with Crippen LogP contribution in [0.3, 0.4) is 0 Å². The Morgan fingerprint density at radius 3 is 2.33 bits per heavy atom. The van der Waals surface area contributed by atoms with Gasteiger partial charge in [0.2, 0.25) is 5.91 Å². The highest BCUT2D eigenvalue weighted by molar-refractivity contribution is 7.98. The monoisotopic (exact) mass is 190 g/mol. The van der Waals surface area contributed by atoms with Gasteiger partial charge in [0.1, 0.15) is 0 Å². The zero-order chi connectivity index (χ0) is 9.78. The van der Waals surface area contributed by atoms with E-state index in [0.717, 1.165) is 5.75 Å². The maximum Gasteiger partial charge on any atom is 0.230 e. The fraction of sp³-hybridized carbons (Fsp3) is 0.875. The second-order valence-corrected chi connectivity index (χ2v) is 4.26. The first-order valence-electron chi connectivity index (χ1n) is 3.88. The molecule has 2 N–H and O–H groups in total. The first-order valence-corrected chi connectivity index (χ1v) is 5.28. The van der Waals surface area contributed by atoms with Gasteiger partial charge in [0.25, 0.3) is 0 Å². The van der Waals surface area contributed by atoms with Gasteiger partial charge in [-0.3, -0.25) is 4.79 Å². The molecule has 0 heterocycles. The van der Waals surface area contributed by atoms with E-state index in [1.807, 2.05) is 13.2 Å². The molecule has 0 aromatic rings. The van der Waals surface area contributed by atoms with Crippen molar-refractivity contribution in [2.45, 2.75) is 6.92 Å². The summed E-state index contributed by atoms with van der Waals surface area (Å²) in [6.45, 7) is 2.32. The van der Waals surface area contributed by atoms with Gasteiger partial charge in [-0.25, -0.2) is 0 Å². The van der Waals surface area contributed by atoms with Crippen LogP contribution in [0.2, 0.25) is 0 Å². The quantitative estimate of drug-likeness (QED) is 0.698. The molecule has 0 aliphatic carbocycles. The number of hydrogen-bond acceptors (Lipinski definition) is 3. The Morgan fingerprint density at radius 1 is 1.58 bits per heavy atom. The zero-order valence-corrected chi connectivity index (χ0v) is 9.07. The van der Waals surface area contributed by atoms with Crippen LogP contribution in [0.5, 0.6) is 0 Å². The van der Waals surface area contributed by atoms with Gasteiger partial charge in [-0.2, -0.15) is 11.8 Å². The topological polar surface area (TPSA) is 46.3 Å². The molecule has 0 fully saturated rings. The minimum Gasteiger partial charge on any atom is -0.348 e. The van der Waals surface area contributed by atoms with Crippen LogP contribution in [0.15, 0.2) is 0 Å². The number of amides is 1. The smallest absolute Gasteiger partial charge is 0.230 e. The molecule has 0 spiro atoms. The average Bonchev–Trinajstić information content (AvgIpc) is 2.03. The molecule has 4 heteroatoms. The van der Waals surface area contributed by atoms with E-state index in [4.69, 9.17) is 5.73 Å². The number of nitrogens with zero attached hydrogens (tertiary/aromatic N) is 1. The van der Waals surface area contributed by atoms with E-state index < -0.39 is 5.41 Å². The lowest BCUT2D eigenvalue weighted by molar-refractivity contribution is -0.136. The van der Waals surface area contributed by atoms with Crippen molar-refractivity contribution in [3.8, 4) is 0 Å². The van der Waals surface area contributed by atoms with E-state index in [1.165, 1.54) is 0 Å². The molecule has 3 nitrogen and oxygen atoms in total. The zero-order valence-electron chi connectivity index (χ0n) is 8.26. The molecule has 1 atom stereocenters. The van der Waals surface area contributed by atoms with Crippen molar-refractivity contribution in [1.29, 1.82) is 0 Å². The van der Waals surface area contributed by atoms with Crippen molar-refractivity contribution in [1.82, 2.24) is 4.90 Å². The summed E-state index contributed by atoms with van der Waals surface area (Å²) < 4.78 is 0. The fourth-order valence-electron chi connectivity index (χ4n) is 1.07. The van der Waals surface area contributed by atoms with Gasteiger partial charge in [0.05, 0.1) is 5.41 Å². The molecule has 0 aromatic carbocycles. The highest BCUT2D eigenvalue weighted by Gasteiger charge is 2.32. The van der Waals surface area contributed by atoms with Crippen molar-refractivity contribution in [3.63, 3.8) is 0 Å². The Balaban J connectivity index is 4.40. The lowest BCUT2D eigenvalue weighted by Crippen LogP contribution is -2.45. The lowest BCUT2D eigenvalue weighted by Gasteiger charge is -2.28. The standard InChI is InChI=1S/C8H18N2OS/c1-8(5-9,6-12-4)7(11)10(2)3/h5-6,9H2,1-4H3. The Hall–Kier alpha value is -0.220. The van der Waals surface area contributed by atoms with Crippen molar-refractivity contribution >= 4 is 17.7 Å². The van der Waals surface area contributed by atoms with Crippen LogP contribution < -0.4 is 5.73 Å². The van der Waals surface area contributed by atoms with E-state index in [-0.39, 0.29) is 5.91 Å². The lowest BCUT2D eigenvalue weighted by atomic mass is 9.92. The van der Waals surface area contributed by atoms with Crippen LogP contribution in [0.4, 0.5) is 0 Å². The molecule has 0 saturated carbocycles. The van der Waals surface area contributed by atoms with Crippen LogP contribution in [0, 0.1) is 5.41 Å². The molecule has 0 rings (SSSR count). The van der Waals surface area contributed by atoms with Crippen LogP contribution >= 0.6 is 11.8 Å². The second kappa shape index (κ2) is 4.72. The molecular formula is C8H18N2OS. The third kappa shape index (κ3) is 2.68. The third-order valence-corrected chi connectivity index (χ3v) is 2.76. The largest absolute Gasteiger partial charge is 0.348 e. The van der Waals surface area contributed by atoms with E-state index >= 15 is 0 Å². The van der Waals surface area contributed by atoms with E-state index in [2.05, 4.69) is 0 Å². The molecule has 72 valence electrons. The third-order valence-electron chi connectivity index (χ3n) is 1.84. The van der Waals surface area contributed by atoms with Gasteiger partial charge in [-0.15, -0.1) is 0 Å².